The first-order chi connectivity index (χ1) is 7.70. The van der Waals surface area contributed by atoms with Crippen molar-refractivity contribution in [1.82, 2.24) is 15.3 Å². The number of nitrogens with two attached hydrogens (primary N) is 1. The fourth-order valence-electron chi connectivity index (χ4n) is 2.13. The van der Waals surface area contributed by atoms with Crippen LogP contribution < -0.4 is 11.1 Å². The lowest BCUT2D eigenvalue weighted by atomic mass is 9.92. The minimum absolute atomic E-state index is 0.123. The van der Waals surface area contributed by atoms with Gasteiger partial charge in [0.05, 0.1) is 6.42 Å². The Kier molecular flexibility index (Phi) is 3.14. The van der Waals surface area contributed by atoms with Crippen LogP contribution in [0.4, 0.5) is 0 Å². The van der Waals surface area contributed by atoms with E-state index >= 15 is 0 Å². The minimum Gasteiger partial charge on any atom is -0.369 e. The molecule has 0 aromatic carbocycles. The van der Waals surface area contributed by atoms with Gasteiger partial charge in [0.25, 0.3) is 0 Å². The lowest BCUT2D eigenvalue weighted by Crippen LogP contribution is -2.24. The number of aromatic nitrogens is 2. The van der Waals surface area contributed by atoms with Gasteiger partial charge in [-0.25, -0.2) is 9.97 Å². The molecule has 0 bridgehead atoms. The van der Waals surface area contributed by atoms with E-state index in [-0.39, 0.29) is 12.3 Å². The molecule has 1 aromatic heterocycles. The fourth-order valence-corrected chi connectivity index (χ4v) is 2.13. The Morgan fingerprint density at radius 1 is 1.69 bits per heavy atom. The van der Waals surface area contributed by atoms with Gasteiger partial charge in [-0.15, -0.1) is 0 Å². The molecule has 2 rings (SSSR count). The summed E-state index contributed by atoms with van der Waals surface area (Å²) in [5.74, 6) is 0.143. The van der Waals surface area contributed by atoms with Crippen LogP contribution in [-0.4, -0.2) is 22.9 Å². The summed E-state index contributed by atoms with van der Waals surface area (Å²) in [6, 6.07) is 0.339. The van der Waals surface area contributed by atoms with E-state index in [0.717, 1.165) is 30.5 Å². The van der Waals surface area contributed by atoms with E-state index in [1.54, 1.807) is 0 Å². The highest BCUT2D eigenvalue weighted by molar-refractivity contribution is 5.75. The van der Waals surface area contributed by atoms with Crippen LogP contribution in [0, 0.1) is 0 Å². The lowest BCUT2D eigenvalue weighted by Gasteiger charge is -2.23. The minimum atomic E-state index is -0.388. The Morgan fingerprint density at radius 2 is 2.50 bits per heavy atom. The van der Waals surface area contributed by atoms with Gasteiger partial charge in [0, 0.05) is 23.5 Å². The van der Waals surface area contributed by atoms with E-state index in [1.165, 1.54) is 0 Å². The molecule has 1 aliphatic carbocycles. The largest absolute Gasteiger partial charge is 0.369 e. The molecule has 1 atom stereocenters. The van der Waals surface area contributed by atoms with Gasteiger partial charge >= 0.3 is 0 Å². The van der Waals surface area contributed by atoms with Gasteiger partial charge in [-0.1, -0.05) is 0 Å². The van der Waals surface area contributed by atoms with Gasteiger partial charge in [-0.2, -0.15) is 0 Å². The van der Waals surface area contributed by atoms with Crippen molar-refractivity contribution in [3.8, 4) is 0 Å². The third-order valence-electron chi connectivity index (χ3n) is 2.91. The zero-order valence-electron chi connectivity index (χ0n) is 9.36. The second-order valence-electron chi connectivity index (χ2n) is 4.06. The van der Waals surface area contributed by atoms with E-state index in [1.807, 2.05) is 13.2 Å². The molecule has 1 amide bonds. The number of carbonyl (C=O) groups is 1. The number of carbonyl (C=O) groups excluding carboxylic acids is 1. The van der Waals surface area contributed by atoms with E-state index in [0.29, 0.717) is 11.9 Å². The Balaban J connectivity index is 2.28. The normalized spacial score (nSPS) is 19.2. The topological polar surface area (TPSA) is 80.9 Å². The van der Waals surface area contributed by atoms with Crippen molar-refractivity contribution < 1.29 is 4.79 Å². The Morgan fingerprint density at radius 3 is 3.19 bits per heavy atom. The highest BCUT2D eigenvalue weighted by Gasteiger charge is 2.20. The van der Waals surface area contributed by atoms with E-state index in [4.69, 9.17) is 5.73 Å². The number of amides is 1. The van der Waals surface area contributed by atoms with E-state index in [2.05, 4.69) is 15.3 Å². The molecule has 1 heterocycles. The molecule has 0 fully saturated rings. The first-order valence-corrected chi connectivity index (χ1v) is 5.51. The zero-order chi connectivity index (χ0) is 11.5. The molecule has 3 N–H and O–H groups in total. The van der Waals surface area contributed by atoms with E-state index < -0.39 is 0 Å². The number of nitrogens with one attached hydrogen (secondary N) is 1. The number of fused-ring (bicyclic) bond motifs is 1. The number of primary amides is 1. The average Bonchev–Trinajstić information content (AvgIpc) is 2.27. The summed E-state index contributed by atoms with van der Waals surface area (Å²) >= 11 is 0. The maximum atomic E-state index is 10.8. The van der Waals surface area contributed by atoms with Crippen molar-refractivity contribution in [2.45, 2.75) is 31.7 Å². The number of hydrogen-bond acceptors (Lipinski definition) is 4. The molecule has 1 unspecified atom stereocenters. The summed E-state index contributed by atoms with van der Waals surface area (Å²) in [7, 11) is 1.94. The Labute approximate surface area is 94.5 Å². The predicted molar refractivity (Wildman–Crippen MR) is 59.7 cm³/mol. The molecule has 16 heavy (non-hydrogen) atoms. The monoisotopic (exact) mass is 220 g/mol. The molecule has 0 aliphatic heterocycles. The molecule has 5 heteroatoms. The SMILES string of the molecule is CNC1CCCc2nc(CC(N)=O)ncc21. The second kappa shape index (κ2) is 4.57. The van der Waals surface area contributed by atoms with Crippen molar-refractivity contribution in [3.05, 3.63) is 23.3 Å². The molecule has 0 spiro atoms. The smallest absolute Gasteiger partial charge is 0.225 e. The molecule has 0 saturated heterocycles. The van der Waals surface area contributed by atoms with Gasteiger partial charge in [-0.3, -0.25) is 4.79 Å². The number of aryl methyl sites for hydroxylation is 1. The highest BCUT2D eigenvalue weighted by atomic mass is 16.1. The summed E-state index contributed by atoms with van der Waals surface area (Å²) in [5.41, 5.74) is 7.33. The fraction of sp³-hybridized carbons (Fsp3) is 0.545. The van der Waals surface area contributed by atoms with Gasteiger partial charge < -0.3 is 11.1 Å². The number of nitrogens with zero attached hydrogens (tertiary/aromatic N) is 2. The second-order valence-corrected chi connectivity index (χ2v) is 4.06. The quantitative estimate of drug-likeness (QED) is 0.757. The summed E-state index contributed by atoms with van der Waals surface area (Å²) in [4.78, 5) is 19.4. The highest BCUT2D eigenvalue weighted by Crippen LogP contribution is 2.27. The summed E-state index contributed by atoms with van der Waals surface area (Å²) in [6.45, 7) is 0. The van der Waals surface area contributed by atoms with Crippen LogP contribution in [0.1, 0.15) is 36.0 Å². The molecular weight excluding hydrogens is 204 g/mol. The molecule has 5 nitrogen and oxygen atoms in total. The van der Waals surface area contributed by atoms with Crippen LogP contribution in [-0.2, 0) is 17.6 Å². The zero-order valence-corrected chi connectivity index (χ0v) is 9.36. The Bertz CT molecular complexity index is 405. The van der Waals surface area contributed by atoms with Crippen LogP contribution in [0.5, 0.6) is 0 Å². The summed E-state index contributed by atoms with van der Waals surface area (Å²) in [6.07, 6.45) is 5.13. The molecule has 0 saturated carbocycles. The van der Waals surface area contributed by atoms with Crippen molar-refractivity contribution in [1.29, 1.82) is 0 Å². The van der Waals surface area contributed by atoms with Crippen molar-refractivity contribution in [2.24, 2.45) is 5.73 Å². The maximum absolute atomic E-state index is 10.8. The molecular formula is C11H16N4O. The predicted octanol–water partition coefficient (Wildman–Crippen LogP) is 0.101. The average molecular weight is 220 g/mol. The molecule has 86 valence electrons. The third kappa shape index (κ3) is 2.19. The molecule has 0 radical (unpaired) electrons. The lowest BCUT2D eigenvalue weighted by molar-refractivity contribution is -0.117. The third-order valence-corrected chi connectivity index (χ3v) is 2.91. The van der Waals surface area contributed by atoms with Crippen LogP contribution in [0.3, 0.4) is 0 Å². The van der Waals surface area contributed by atoms with Crippen LogP contribution in [0.2, 0.25) is 0 Å². The van der Waals surface area contributed by atoms with Crippen molar-refractivity contribution in [3.63, 3.8) is 0 Å². The summed E-state index contributed by atoms with van der Waals surface area (Å²) in [5, 5.41) is 3.25. The van der Waals surface area contributed by atoms with Crippen molar-refractivity contribution >= 4 is 5.91 Å². The molecule has 1 aliphatic rings. The Hall–Kier alpha value is -1.49. The van der Waals surface area contributed by atoms with Gasteiger partial charge in [0.2, 0.25) is 5.91 Å². The first-order valence-electron chi connectivity index (χ1n) is 5.51. The van der Waals surface area contributed by atoms with Gasteiger partial charge in [0.15, 0.2) is 0 Å². The van der Waals surface area contributed by atoms with Crippen LogP contribution in [0.25, 0.3) is 0 Å². The van der Waals surface area contributed by atoms with E-state index in [9.17, 15) is 4.79 Å². The number of rotatable bonds is 3. The maximum Gasteiger partial charge on any atom is 0.225 e. The van der Waals surface area contributed by atoms with Gasteiger partial charge in [0.1, 0.15) is 5.82 Å². The van der Waals surface area contributed by atoms with Crippen LogP contribution >= 0.6 is 0 Å². The standard InChI is InChI=1S/C11H16N4O/c1-13-8-3-2-4-9-7(8)6-14-11(15-9)5-10(12)16/h6,8,13H,2-5H2,1H3,(H2,12,16). The first kappa shape index (κ1) is 11.0. The molecule has 1 aromatic rings. The van der Waals surface area contributed by atoms with Crippen LogP contribution in [0.15, 0.2) is 6.20 Å². The number of hydrogen-bond donors (Lipinski definition) is 2. The van der Waals surface area contributed by atoms with Crippen molar-refractivity contribution in [2.75, 3.05) is 7.05 Å². The van der Waals surface area contributed by atoms with Gasteiger partial charge in [-0.05, 0) is 26.3 Å². The summed E-state index contributed by atoms with van der Waals surface area (Å²) < 4.78 is 0.